The number of hydrogen-bond acceptors (Lipinski definition) is 2. The van der Waals surface area contributed by atoms with Gasteiger partial charge < -0.3 is 10.6 Å². The van der Waals surface area contributed by atoms with Crippen LogP contribution in [0.3, 0.4) is 0 Å². The lowest BCUT2D eigenvalue weighted by atomic mass is 9.77. The second kappa shape index (κ2) is 5.60. The van der Waals surface area contributed by atoms with Crippen LogP contribution in [-0.2, 0) is 4.79 Å². The molecule has 3 heteroatoms. The Morgan fingerprint density at radius 2 is 1.94 bits per heavy atom. The quantitative estimate of drug-likeness (QED) is 0.810. The Kier molecular flexibility index (Phi) is 4.31. The Balaban J connectivity index is 1.90. The van der Waals surface area contributed by atoms with Crippen molar-refractivity contribution in [1.82, 2.24) is 10.6 Å². The van der Waals surface area contributed by atoms with Crippen LogP contribution in [0, 0.1) is 11.3 Å². The monoisotopic (exact) mass is 252 g/mol. The molecule has 1 saturated heterocycles. The van der Waals surface area contributed by atoms with Crippen molar-refractivity contribution < 1.29 is 4.79 Å². The van der Waals surface area contributed by atoms with Crippen molar-refractivity contribution in [3.05, 3.63) is 0 Å². The Hall–Kier alpha value is -0.570. The van der Waals surface area contributed by atoms with Gasteiger partial charge in [0.05, 0.1) is 6.04 Å². The maximum atomic E-state index is 12.4. The van der Waals surface area contributed by atoms with Crippen LogP contribution in [0.4, 0.5) is 0 Å². The summed E-state index contributed by atoms with van der Waals surface area (Å²) >= 11 is 0. The molecular formula is C15H28N2O. The van der Waals surface area contributed by atoms with Gasteiger partial charge in [0.25, 0.3) is 0 Å². The number of nitrogens with one attached hydrogen (secondary N) is 2. The van der Waals surface area contributed by atoms with Crippen LogP contribution >= 0.6 is 0 Å². The van der Waals surface area contributed by atoms with Crippen molar-refractivity contribution in [3.63, 3.8) is 0 Å². The largest absolute Gasteiger partial charge is 0.352 e. The average molecular weight is 252 g/mol. The molecule has 2 rings (SSSR count). The molecular weight excluding hydrogens is 224 g/mol. The van der Waals surface area contributed by atoms with Gasteiger partial charge in [-0.05, 0) is 50.5 Å². The topological polar surface area (TPSA) is 41.1 Å². The fourth-order valence-corrected chi connectivity index (χ4v) is 3.54. The SMILES string of the molecule is C[C@H](NC(=O)C1NCCCC1(C)C)C1CCCC1. The summed E-state index contributed by atoms with van der Waals surface area (Å²) in [6.07, 6.45) is 7.53. The normalized spacial score (nSPS) is 30.1. The van der Waals surface area contributed by atoms with Crippen LogP contribution in [0.15, 0.2) is 0 Å². The summed E-state index contributed by atoms with van der Waals surface area (Å²) in [6, 6.07) is 0.314. The van der Waals surface area contributed by atoms with Gasteiger partial charge in [0.2, 0.25) is 5.91 Å². The zero-order chi connectivity index (χ0) is 13.2. The first-order valence-corrected chi connectivity index (χ1v) is 7.54. The van der Waals surface area contributed by atoms with Gasteiger partial charge in [-0.2, -0.15) is 0 Å². The van der Waals surface area contributed by atoms with E-state index in [4.69, 9.17) is 0 Å². The number of carbonyl (C=O) groups is 1. The fourth-order valence-electron chi connectivity index (χ4n) is 3.54. The summed E-state index contributed by atoms with van der Waals surface area (Å²) in [5, 5.41) is 6.64. The summed E-state index contributed by atoms with van der Waals surface area (Å²) in [6.45, 7) is 7.54. The van der Waals surface area contributed by atoms with E-state index < -0.39 is 0 Å². The second-order valence-corrected chi connectivity index (χ2v) is 6.82. The van der Waals surface area contributed by atoms with Crippen molar-refractivity contribution in [3.8, 4) is 0 Å². The van der Waals surface area contributed by atoms with Crippen molar-refractivity contribution >= 4 is 5.91 Å². The van der Waals surface area contributed by atoms with E-state index in [1.165, 1.54) is 32.1 Å². The molecule has 1 saturated carbocycles. The number of amides is 1. The zero-order valence-corrected chi connectivity index (χ0v) is 12.1. The van der Waals surface area contributed by atoms with Gasteiger partial charge in [-0.1, -0.05) is 26.7 Å². The number of piperidine rings is 1. The van der Waals surface area contributed by atoms with Crippen molar-refractivity contribution in [2.24, 2.45) is 11.3 Å². The van der Waals surface area contributed by atoms with Crippen molar-refractivity contribution in [2.75, 3.05) is 6.54 Å². The lowest BCUT2D eigenvalue weighted by Crippen LogP contribution is -2.57. The van der Waals surface area contributed by atoms with E-state index in [0.717, 1.165) is 13.0 Å². The van der Waals surface area contributed by atoms with Crippen LogP contribution in [0.1, 0.15) is 59.3 Å². The predicted octanol–water partition coefficient (Wildman–Crippen LogP) is 2.46. The molecule has 104 valence electrons. The fraction of sp³-hybridized carbons (Fsp3) is 0.933. The van der Waals surface area contributed by atoms with Gasteiger partial charge in [0.15, 0.2) is 0 Å². The molecule has 2 atom stereocenters. The van der Waals surface area contributed by atoms with Crippen molar-refractivity contribution in [1.29, 1.82) is 0 Å². The molecule has 1 amide bonds. The zero-order valence-electron chi connectivity index (χ0n) is 12.1. The first kappa shape index (κ1) is 13.9. The highest BCUT2D eigenvalue weighted by Gasteiger charge is 2.38. The third-order valence-electron chi connectivity index (χ3n) is 4.87. The molecule has 1 aliphatic carbocycles. The summed E-state index contributed by atoms with van der Waals surface area (Å²) < 4.78 is 0. The predicted molar refractivity (Wildman–Crippen MR) is 74.4 cm³/mol. The van der Waals surface area contributed by atoms with E-state index in [1.807, 2.05) is 0 Å². The van der Waals surface area contributed by atoms with Gasteiger partial charge in [-0.3, -0.25) is 4.79 Å². The highest BCUT2D eigenvalue weighted by atomic mass is 16.2. The maximum Gasteiger partial charge on any atom is 0.237 e. The van der Waals surface area contributed by atoms with E-state index in [0.29, 0.717) is 12.0 Å². The molecule has 0 aromatic carbocycles. The molecule has 1 heterocycles. The molecule has 3 nitrogen and oxygen atoms in total. The smallest absolute Gasteiger partial charge is 0.237 e. The summed E-state index contributed by atoms with van der Waals surface area (Å²) in [5.74, 6) is 0.903. The van der Waals surface area contributed by atoms with Gasteiger partial charge in [-0.15, -0.1) is 0 Å². The van der Waals surface area contributed by atoms with Crippen LogP contribution in [-0.4, -0.2) is 24.5 Å². The lowest BCUT2D eigenvalue weighted by Gasteiger charge is -2.39. The summed E-state index contributed by atoms with van der Waals surface area (Å²) in [4.78, 5) is 12.4. The minimum atomic E-state index is -0.0184. The Morgan fingerprint density at radius 1 is 1.28 bits per heavy atom. The summed E-state index contributed by atoms with van der Waals surface area (Å²) in [7, 11) is 0. The van der Waals surface area contributed by atoms with Crippen LogP contribution in [0.5, 0.6) is 0 Å². The van der Waals surface area contributed by atoms with Gasteiger partial charge in [-0.25, -0.2) is 0 Å². The van der Waals surface area contributed by atoms with Gasteiger partial charge in [0.1, 0.15) is 0 Å². The van der Waals surface area contributed by atoms with E-state index in [9.17, 15) is 4.79 Å². The second-order valence-electron chi connectivity index (χ2n) is 6.82. The van der Waals surface area contributed by atoms with Crippen molar-refractivity contribution in [2.45, 2.75) is 71.4 Å². The van der Waals surface area contributed by atoms with Gasteiger partial charge >= 0.3 is 0 Å². The first-order chi connectivity index (χ1) is 8.50. The van der Waals surface area contributed by atoms with Crippen LogP contribution in [0.2, 0.25) is 0 Å². The Labute approximate surface area is 111 Å². The third kappa shape index (κ3) is 3.05. The molecule has 0 radical (unpaired) electrons. The summed E-state index contributed by atoms with van der Waals surface area (Å²) in [5.41, 5.74) is 0.0811. The molecule has 2 fully saturated rings. The molecule has 0 bridgehead atoms. The lowest BCUT2D eigenvalue weighted by molar-refractivity contribution is -0.127. The van der Waals surface area contributed by atoms with E-state index in [-0.39, 0.29) is 17.4 Å². The Morgan fingerprint density at radius 3 is 2.56 bits per heavy atom. The molecule has 2 N–H and O–H groups in total. The molecule has 18 heavy (non-hydrogen) atoms. The number of hydrogen-bond donors (Lipinski definition) is 2. The minimum absolute atomic E-state index is 0.0184. The van der Waals surface area contributed by atoms with E-state index in [2.05, 4.69) is 31.4 Å². The van der Waals surface area contributed by atoms with Gasteiger partial charge in [0, 0.05) is 6.04 Å². The highest BCUT2D eigenvalue weighted by Crippen LogP contribution is 2.31. The standard InChI is InChI=1S/C15H28N2O/c1-11(12-7-4-5-8-12)17-14(18)13-15(2,3)9-6-10-16-13/h11-13,16H,4-10H2,1-3H3,(H,17,18)/t11-,13?/m0/s1. The Bertz CT molecular complexity index is 295. The number of carbonyl (C=O) groups excluding carboxylic acids is 1. The molecule has 0 aromatic heterocycles. The maximum absolute atomic E-state index is 12.4. The van der Waals surface area contributed by atoms with Crippen LogP contribution in [0.25, 0.3) is 0 Å². The first-order valence-electron chi connectivity index (χ1n) is 7.54. The van der Waals surface area contributed by atoms with E-state index >= 15 is 0 Å². The molecule has 1 unspecified atom stereocenters. The molecule has 0 aromatic rings. The van der Waals surface area contributed by atoms with Crippen LogP contribution < -0.4 is 10.6 Å². The average Bonchev–Trinajstić information content (AvgIpc) is 2.81. The number of rotatable bonds is 3. The molecule has 2 aliphatic rings. The minimum Gasteiger partial charge on any atom is -0.352 e. The third-order valence-corrected chi connectivity index (χ3v) is 4.87. The molecule has 1 aliphatic heterocycles. The molecule has 0 spiro atoms. The van der Waals surface area contributed by atoms with E-state index in [1.54, 1.807) is 0 Å². The highest BCUT2D eigenvalue weighted by molar-refractivity contribution is 5.83.